The molecule has 0 unspecified atom stereocenters. The molecule has 5 heteroatoms. The first-order chi connectivity index (χ1) is 9.33. The highest BCUT2D eigenvalue weighted by Gasteiger charge is 2.12. The van der Waals surface area contributed by atoms with Gasteiger partial charge in [-0.25, -0.2) is 4.99 Å². The van der Waals surface area contributed by atoms with Gasteiger partial charge in [-0.3, -0.25) is 0 Å². The number of nitrogens with two attached hydrogens (primary N) is 1. The predicted octanol–water partition coefficient (Wildman–Crippen LogP) is 1.58. The minimum Gasteiger partial charge on any atom is -0.459 e. The van der Waals surface area contributed by atoms with Crippen LogP contribution in [0.1, 0.15) is 5.76 Å². The van der Waals surface area contributed by atoms with Crippen LogP contribution in [0.15, 0.2) is 39.7 Å². The summed E-state index contributed by atoms with van der Waals surface area (Å²) in [4.78, 5) is 6.42. The Hall–Kier alpha value is -2.01. The molecule has 1 aliphatic heterocycles. The second kappa shape index (κ2) is 5.32. The molecule has 1 aromatic heterocycles. The zero-order valence-electron chi connectivity index (χ0n) is 10.7. The molecule has 1 saturated heterocycles. The summed E-state index contributed by atoms with van der Waals surface area (Å²) in [5.41, 5.74) is 6.86. The van der Waals surface area contributed by atoms with Crippen LogP contribution in [0, 0.1) is 0 Å². The van der Waals surface area contributed by atoms with Gasteiger partial charge >= 0.3 is 0 Å². The van der Waals surface area contributed by atoms with Crippen molar-refractivity contribution in [3.8, 4) is 0 Å². The van der Waals surface area contributed by atoms with E-state index in [0.717, 1.165) is 29.8 Å². The lowest BCUT2D eigenvalue weighted by Crippen LogP contribution is -2.44. The van der Waals surface area contributed by atoms with E-state index < -0.39 is 0 Å². The third-order valence-corrected chi connectivity index (χ3v) is 3.21. The molecular weight excluding hydrogens is 242 g/mol. The standard InChI is InChI=1S/C14H17N3O2/c15-14(17-5-7-18-8-6-17)16-10-12-9-11-3-1-2-4-13(11)19-12/h1-4,9H,5-8,10H2,(H2,15,16). The number of ether oxygens (including phenoxy) is 1. The minimum absolute atomic E-state index is 0.470. The number of fused-ring (bicyclic) bond motifs is 1. The number of aliphatic imine (C=N–C) groups is 1. The Bertz CT molecular complexity index is 552. The SMILES string of the molecule is NC(=NCc1cc2ccccc2o1)N1CCOCC1. The molecule has 1 aliphatic rings. The molecule has 0 radical (unpaired) electrons. The Labute approximate surface area is 111 Å². The number of benzene rings is 1. The van der Waals surface area contributed by atoms with Crippen molar-refractivity contribution in [1.82, 2.24) is 4.90 Å². The maximum atomic E-state index is 5.97. The third-order valence-electron chi connectivity index (χ3n) is 3.21. The fraction of sp³-hybridized carbons (Fsp3) is 0.357. The molecule has 0 aliphatic carbocycles. The summed E-state index contributed by atoms with van der Waals surface area (Å²) in [6.07, 6.45) is 0. The lowest BCUT2D eigenvalue weighted by Gasteiger charge is -2.27. The monoisotopic (exact) mass is 259 g/mol. The number of nitrogens with zero attached hydrogens (tertiary/aromatic N) is 2. The highest BCUT2D eigenvalue weighted by atomic mass is 16.5. The van der Waals surface area contributed by atoms with Crippen LogP contribution in [-0.2, 0) is 11.3 Å². The van der Waals surface area contributed by atoms with E-state index in [1.807, 2.05) is 35.2 Å². The van der Waals surface area contributed by atoms with Crippen molar-refractivity contribution in [2.75, 3.05) is 26.3 Å². The van der Waals surface area contributed by atoms with Crippen LogP contribution in [0.2, 0.25) is 0 Å². The van der Waals surface area contributed by atoms with Gasteiger partial charge in [-0.05, 0) is 12.1 Å². The van der Waals surface area contributed by atoms with Crippen LogP contribution in [0.4, 0.5) is 0 Å². The summed E-state index contributed by atoms with van der Waals surface area (Å²) >= 11 is 0. The minimum atomic E-state index is 0.470. The predicted molar refractivity (Wildman–Crippen MR) is 73.9 cm³/mol. The first-order valence-electron chi connectivity index (χ1n) is 6.43. The summed E-state index contributed by atoms with van der Waals surface area (Å²) in [7, 11) is 0. The molecule has 1 fully saturated rings. The lowest BCUT2D eigenvalue weighted by atomic mass is 10.2. The van der Waals surface area contributed by atoms with Crippen molar-refractivity contribution < 1.29 is 9.15 Å². The molecule has 3 rings (SSSR count). The molecule has 19 heavy (non-hydrogen) atoms. The Morgan fingerprint density at radius 1 is 1.26 bits per heavy atom. The van der Waals surface area contributed by atoms with E-state index in [-0.39, 0.29) is 0 Å². The lowest BCUT2D eigenvalue weighted by molar-refractivity contribution is 0.0674. The van der Waals surface area contributed by atoms with E-state index in [2.05, 4.69) is 4.99 Å². The van der Waals surface area contributed by atoms with Gasteiger partial charge in [-0.1, -0.05) is 18.2 Å². The van der Waals surface area contributed by atoms with Gasteiger partial charge in [-0.2, -0.15) is 0 Å². The second-order valence-electron chi connectivity index (χ2n) is 4.52. The van der Waals surface area contributed by atoms with Gasteiger partial charge in [0.2, 0.25) is 0 Å². The van der Waals surface area contributed by atoms with Crippen molar-refractivity contribution in [1.29, 1.82) is 0 Å². The molecule has 0 spiro atoms. The molecule has 1 aromatic carbocycles. The van der Waals surface area contributed by atoms with Crippen molar-refractivity contribution in [2.24, 2.45) is 10.7 Å². The molecular formula is C14H17N3O2. The van der Waals surface area contributed by atoms with Crippen molar-refractivity contribution >= 4 is 16.9 Å². The van der Waals surface area contributed by atoms with Crippen LogP contribution in [0.3, 0.4) is 0 Å². The number of guanidine groups is 1. The first kappa shape index (κ1) is 12.0. The molecule has 0 atom stereocenters. The molecule has 100 valence electrons. The zero-order valence-corrected chi connectivity index (χ0v) is 10.7. The molecule has 0 amide bonds. The number of furan rings is 1. The van der Waals surface area contributed by atoms with Gasteiger partial charge in [0, 0.05) is 18.5 Å². The average Bonchev–Trinajstić information content (AvgIpc) is 2.88. The molecule has 0 bridgehead atoms. The van der Waals surface area contributed by atoms with E-state index in [0.29, 0.717) is 25.7 Å². The average molecular weight is 259 g/mol. The highest BCUT2D eigenvalue weighted by Crippen LogP contribution is 2.19. The van der Waals surface area contributed by atoms with Crippen LogP contribution < -0.4 is 5.73 Å². The summed E-state index contributed by atoms with van der Waals surface area (Å²) in [6, 6.07) is 9.94. The van der Waals surface area contributed by atoms with Gasteiger partial charge in [0.25, 0.3) is 0 Å². The van der Waals surface area contributed by atoms with Gasteiger partial charge in [-0.15, -0.1) is 0 Å². The molecule has 2 N–H and O–H groups in total. The summed E-state index contributed by atoms with van der Waals surface area (Å²) in [5, 5.41) is 1.10. The topological polar surface area (TPSA) is 64.0 Å². The van der Waals surface area contributed by atoms with E-state index in [1.54, 1.807) is 0 Å². The third kappa shape index (κ3) is 2.71. The fourth-order valence-electron chi connectivity index (χ4n) is 2.17. The Kier molecular flexibility index (Phi) is 3.37. The van der Waals surface area contributed by atoms with Crippen molar-refractivity contribution in [3.05, 3.63) is 36.1 Å². The van der Waals surface area contributed by atoms with E-state index in [4.69, 9.17) is 14.9 Å². The maximum Gasteiger partial charge on any atom is 0.191 e. The van der Waals surface area contributed by atoms with Crippen LogP contribution in [0.5, 0.6) is 0 Å². The maximum absolute atomic E-state index is 5.97. The van der Waals surface area contributed by atoms with Crippen molar-refractivity contribution in [2.45, 2.75) is 6.54 Å². The fourth-order valence-corrected chi connectivity index (χ4v) is 2.17. The number of morpholine rings is 1. The zero-order chi connectivity index (χ0) is 13.1. The highest BCUT2D eigenvalue weighted by molar-refractivity contribution is 5.79. The molecule has 2 heterocycles. The van der Waals surface area contributed by atoms with E-state index >= 15 is 0 Å². The quantitative estimate of drug-likeness (QED) is 0.657. The Balaban J connectivity index is 1.70. The van der Waals surface area contributed by atoms with Crippen LogP contribution in [0.25, 0.3) is 11.0 Å². The van der Waals surface area contributed by atoms with E-state index in [9.17, 15) is 0 Å². The number of rotatable bonds is 2. The van der Waals surface area contributed by atoms with Gasteiger partial charge < -0.3 is 19.8 Å². The summed E-state index contributed by atoms with van der Waals surface area (Å²) < 4.78 is 11.0. The van der Waals surface area contributed by atoms with E-state index in [1.165, 1.54) is 0 Å². The van der Waals surface area contributed by atoms with Gasteiger partial charge in [0.1, 0.15) is 17.9 Å². The first-order valence-corrected chi connectivity index (χ1v) is 6.43. The summed E-state index contributed by atoms with van der Waals surface area (Å²) in [5.74, 6) is 1.39. The number of hydrogen-bond donors (Lipinski definition) is 1. The second-order valence-corrected chi connectivity index (χ2v) is 4.52. The normalized spacial score (nSPS) is 17.1. The van der Waals surface area contributed by atoms with Gasteiger partial charge in [0.15, 0.2) is 5.96 Å². The van der Waals surface area contributed by atoms with Gasteiger partial charge in [0.05, 0.1) is 13.2 Å². The van der Waals surface area contributed by atoms with Crippen LogP contribution in [-0.4, -0.2) is 37.2 Å². The number of para-hydroxylation sites is 1. The number of hydrogen-bond acceptors (Lipinski definition) is 3. The molecule has 0 saturated carbocycles. The molecule has 5 nitrogen and oxygen atoms in total. The smallest absolute Gasteiger partial charge is 0.191 e. The molecule has 2 aromatic rings. The van der Waals surface area contributed by atoms with Crippen LogP contribution >= 0.6 is 0 Å². The Morgan fingerprint density at radius 3 is 2.84 bits per heavy atom. The Morgan fingerprint density at radius 2 is 2.05 bits per heavy atom. The largest absolute Gasteiger partial charge is 0.459 e. The van der Waals surface area contributed by atoms with Crippen molar-refractivity contribution in [3.63, 3.8) is 0 Å². The summed E-state index contributed by atoms with van der Waals surface area (Å²) in [6.45, 7) is 3.49.